The van der Waals surface area contributed by atoms with Crippen LogP contribution >= 0.6 is 0 Å². The van der Waals surface area contributed by atoms with E-state index in [2.05, 4.69) is 0 Å². The van der Waals surface area contributed by atoms with E-state index in [4.69, 9.17) is 9.84 Å². The molecule has 1 saturated heterocycles. The summed E-state index contributed by atoms with van der Waals surface area (Å²) in [5, 5.41) is 18.0. The topological polar surface area (TPSA) is 90.3 Å². The van der Waals surface area contributed by atoms with Crippen molar-refractivity contribution in [2.24, 2.45) is 0 Å². The van der Waals surface area contributed by atoms with E-state index in [-0.39, 0.29) is 43.9 Å². The molecule has 20 heavy (non-hydrogen) atoms. The zero-order chi connectivity index (χ0) is 14.7. The van der Waals surface area contributed by atoms with Gasteiger partial charge >= 0.3 is 12.0 Å². The van der Waals surface area contributed by atoms with Crippen molar-refractivity contribution < 1.29 is 24.5 Å². The number of nitrogens with zero attached hydrogens (tertiary/aromatic N) is 2. The van der Waals surface area contributed by atoms with Crippen LogP contribution in [0.2, 0.25) is 0 Å². The van der Waals surface area contributed by atoms with Gasteiger partial charge in [-0.2, -0.15) is 0 Å². The zero-order valence-electron chi connectivity index (χ0n) is 11.7. The number of hydrogen-bond acceptors (Lipinski definition) is 4. The van der Waals surface area contributed by atoms with Gasteiger partial charge in [-0.05, 0) is 19.8 Å². The third kappa shape index (κ3) is 3.83. The Hall–Kier alpha value is -1.34. The van der Waals surface area contributed by atoms with Crippen LogP contribution in [0.25, 0.3) is 0 Å². The van der Waals surface area contributed by atoms with Crippen LogP contribution in [0.1, 0.15) is 26.2 Å². The minimum absolute atomic E-state index is 0.0361. The van der Waals surface area contributed by atoms with Gasteiger partial charge in [-0.15, -0.1) is 0 Å². The smallest absolute Gasteiger partial charge is 0.320 e. The van der Waals surface area contributed by atoms with Gasteiger partial charge in [0, 0.05) is 19.1 Å². The minimum Gasteiger partial charge on any atom is -0.481 e. The number of morpholine rings is 1. The molecule has 2 atom stereocenters. The maximum absolute atomic E-state index is 12.5. The normalized spacial score (nSPS) is 26.4. The lowest BCUT2D eigenvalue weighted by Crippen LogP contribution is -2.55. The number of amides is 2. The average Bonchev–Trinajstić information content (AvgIpc) is 3.22. The molecule has 0 aromatic rings. The Morgan fingerprint density at radius 1 is 1.35 bits per heavy atom. The van der Waals surface area contributed by atoms with Crippen molar-refractivity contribution in [3.63, 3.8) is 0 Å². The fourth-order valence-electron chi connectivity index (χ4n) is 2.52. The van der Waals surface area contributed by atoms with Crippen LogP contribution in [0.15, 0.2) is 0 Å². The van der Waals surface area contributed by atoms with Crippen LogP contribution < -0.4 is 0 Å². The lowest BCUT2D eigenvalue weighted by molar-refractivity contribution is -0.137. The summed E-state index contributed by atoms with van der Waals surface area (Å²) in [5.74, 6) is -0.896. The number of carbonyl (C=O) groups excluding carboxylic acids is 1. The van der Waals surface area contributed by atoms with Gasteiger partial charge in [-0.25, -0.2) is 4.79 Å². The van der Waals surface area contributed by atoms with E-state index >= 15 is 0 Å². The van der Waals surface area contributed by atoms with E-state index in [0.29, 0.717) is 13.1 Å². The van der Waals surface area contributed by atoms with Crippen LogP contribution in [-0.2, 0) is 9.53 Å². The van der Waals surface area contributed by atoms with Crippen LogP contribution in [0, 0.1) is 0 Å². The van der Waals surface area contributed by atoms with Gasteiger partial charge in [-0.1, -0.05) is 0 Å². The molecule has 0 aromatic carbocycles. The average molecular weight is 286 g/mol. The highest BCUT2D eigenvalue weighted by Crippen LogP contribution is 2.28. The van der Waals surface area contributed by atoms with Crippen LogP contribution in [0.3, 0.4) is 0 Å². The second kappa shape index (κ2) is 6.41. The number of urea groups is 1. The fraction of sp³-hybridized carbons (Fsp3) is 0.846. The molecule has 1 aliphatic heterocycles. The number of ether oxygens (including phenoxy) is 1. The summed E-state index contributed by atoms with van der Waals surface area (Å²) in [6.07, 6.45) is 1.36. The first-order chi connectivity index (χ1) is 9.51. The lowest BCUT2D eigenvalue weighted by atomic mass is 10.2. The largest absolute Gasteiger partial charge is 0.481 e. The molecule has 2 N–H and O–H groups in total. The van der Waals surface area contributed by atoms with E-state index in [0.717, 1.165) is 12.8 Å². The van der Waals surface area contributed by atoms with E-state index in [9.17, 15) is 14.7 Å². The second-order valence-electron chi connectivity index (χ2n) is 5.51. The fourth-order valence-corrected chi connectivity index (χ4v) is 2.52. The molecule has 2 amide bonds. The summed E-state index contributed by atoms with van der Waals surface area (Å²) in [5.41, 5.74) is 0. The molecule has 2 fully saturated rings. The van der Waals surface area contributed by atoms with Crippen molar-refractivity contribution in [3.8, 4) is 0 Å². The number of aliphatic hydroxyl groups is 1. The van der Waals surface area contributed by atoms with Gasteiger partial charge in [0.15, 0.2) is 0 Å². The second-order valence-corrected chi connectivity index (χ2v) is 5.51. The predicted molar refractivity (Wildman–Crippen MR) is 70.4 cm³/mol. The Labute approximate surface area is 118 Å². The molecule has 2 unspecified atom stereocenters. The van der Waals surface area contributed by atoms with Crippen molar-refractivity contribution in [3.05, 3.63) is 0 Å². The monoisotopic (exact) mass is 286 g/mol. The van der Waals surface area contributed by atoms with Crippen molar-refractivity contribution >= 4 is 12.0 Å². The molecular weight excluding hydrogens is 264 g/mol. The summed E-state index contributed by atoms with van der Waals surface area (Å²) in [6, 6.07) is 0.0370. The van der Waals surface area contributed by atoms with Crippen molar-refractivity contribution in [1.29, 1.82) is 0 Å². The first-order valence-corrected chi connectivity index (χ1v) is 7.05. The molecular formula is C13H22N2O5. The molecule has 2 aliphatic rings. The van der Waals surface area contributed by atoms with Gasteiger partial charge < -0.3 is 24.7 Å². The molecule has 2 rings (SSSR count). The van der Waals surface area contributed by atoms with Crippen LogP contribution in [0.4, 0.5) is 4.79 Å². The molecule has 0 spiro atoms. The molecule has 0 bridgehead atoms. The third-order valence-electron chi connectivity index (χ3n) is 3.60. The lowest BCUT2D eigenvalue weighted by Gasteiger charge is -2.38. The molecule has 7 nitrogen and oxygen atoms in total. The van der Waals surface area contributed by atoms with Gasteiger partial charge in [0.1, 0.15) is 0 Å². The van der Waals surface area contributed by atoms with E-state index in [1.807, 2.05) is 6.92 Å². The van der Waals surface area contributed by atoms with Crippen LogP contribution in [-0.4, -0.2) is 76.5 Å². The quantitative estimate of drug-likeness (QED) is 0.749. The number of aliphatic hydroxyl groups excluding tert-OH is 1. The molecule has 0 aromatic heterocycles. The Kier molecular flexibility index (Phi) is 4.82. The van der Waals surface area contributed by atoms with Crippen molar-refractivity contribution in [2.45, 2.75) is 44.4 Å². The Morgan fingerprint density at radius 2 is 2.05 bits per heavy atom. The first kappa shape index (κ1) is 15.1. The Morgan fingerprint density at radius 3 is 2.60 bits per heavy atom. The standard InChI is InChI=1S/C13H22N2O5/c1-9-6-14(7-11(8-16)20-9)13(19)15(10-2-3-10)5-4-12(17)18/h9-11,16H,2-8H2,1H3,(H,17,18). The molecule has 7 heteroatoms. The Balaban J connectivity index is 1.97. The highest BCUT2D eigenvalue weighted by atomic mass is 16.5. The number of carboxylic acid groups (broad SMARTS) is 1. The number of carbonyl (C=O) groups is 2. The highest BCUT2D eigenvalue weighted by Gasteiger charge is 2.37. The summed E-state index contributed by atoms with van der Waals surface area (Å²) in [6.45, 7) is 2.82. The maximum Gasteiger partial charge on any atom is 0.320 e. The van der Waals surface area contributed by atoms with Gasteiger partial charge in [-0.3, -0.25) is 4.79 Å². The van der Waals surface area contributed by atoms with E-state index < -0.39 is 5.97 Å². The summed E-state index contributed by atoms with van der Waals surface area (Å²) >= 11 is 0. The molecule has 1 aliphatic carbocycles. The third-order valence-corrected chi connectivity index (χ3v) is 3.60. The van der Waals surface area contributed by atoms with Gasteiger partial charge in [0.2, 0.25) is 0 Å². The highest BCUT2D eigenvalue weighted by molar-refractivity contribution is 5.76. The zero-order valence-corrected chi connectivity index (χ0v) is 11.7. The van der Waals surface area contributed by atoms with Gasteiger partial charge in [0.05, 0.1) is 31.8 Å². The SMILES string of the molecule is CC1CN(C(=O)N(CCC(=O)O)C2CC2)CC(CO)O1. The maximum atomic E-state index is 12.5. The molecule has 114 valence electrons. The molecule has 1 heterocycles. The number of rotatable bonds is 5. The molecule has 0 radical (unpaired) electrons. The number of carboxylic acids is 1. The van der Waals surface area contributed by atoms with E-state index in [1.165, 1.54) is 0 Å². The van der Waals surface area contributed by atoms with Crippen LogP contribution in [0.5, 0.6) is 0 Å². The Bertz CT molecular complexity index is 372. The molecule has 1 saturated carbocycles. The first-order valence-electron chi connectivity index (χ1n) is 7.05. The predicted octanol–water partition coefficient (Wildman–Crippen LogP) is 0.127. The summed E-state index contributed by atoms with van der Waals surface area (Å²) < 4.78 is 5.51. The van der Waals surface area contributed by atoms with E-state index in [1.54, 1.807) is 9.80 Å². The summed E-state index contributed by atoms with van der Waals surface area (Å²) in [4.78, 5) is 26.5. The van der Waals surface area contributed by atoms with Crippen molar-refractivity contribution in [1.82, 2.24) is 9.80 Å². The number of aliphatic carboxylic acids is 1. The summed E-state index contributed by atoms with van der Waals surface area (Å²) in [7, 11) is 0. The minimum atomic E-state index is -0.896. The van der Waals surface area contributed by atoms with Crippen molar-refractivity contribution in [2.75, 3.05) is 26.2 Å². The van der Waals surface area contributed by atoms with Gasteiger partial charge in [0.25, 0.3) is 0 Å². The number of hydrogen-bond donors (Lipinski definition) is 2.